The summed E-state index contributed by atoms with van der Waals surface area (Å²) in [4.78, 5) is 12.2. The Labute approximate surface area is 151 Å². The highest BCUT2D eigenvalue weighted by molar-refractivity contribution is 5.91. The number of hydrogen-bond acceptors (Lipinski definition) is 2. The summed E-state index contributed by atoms with van der Waals surface area (Å²) in [6.07, 6.45) is 1.11. The summed E-state index contributed by atoms with van der Waals surface area (Å²) in [5.41, 5.74) is 4.34. The predicted octanol–water partition coefficient (Wildman–Crippen LogP) is 5.65. The molecule has 0 aromatic heterocycles. The molecule has 2 aromatic carbocycles. The number of aryl methyl sites for hydroxylation is 1. The van der Waals surface area contributed by atoms with Crippen LogP contribution in [0.1, 0.15) is 62.6 Å². The molecule has 0 aliphatic heterocycles. The van der Waals surface area contributed by atoms with Gasteiger partial charge in [0.25, 0.3) is 5.91 Å². The number of anilines is 1. The first-order chi connectivity index (χ1) is 11.9. The Bertz CT molecular complexity index is 704. The van der Waals surface area contributed by atoms with E-state index in [2.05, 4.69) is 57.3 Å². The molecule has 0 radical (unpaired) electrons. The fourth-order valence-corrected chi connectivity index (χ4v) is 2.71. The van der Waals surface area contributed by atoms with E-state index in [9.17, 15) is 4.79 Å². The van der Waals surface area contributed by atoms with Crippen LogP contribution in [0.25, 0.3) is 0 Å². The molecule has 3 heteroatoms. The van der Waals surface area contributed by atoms with Crippen molar-refractivity contribution in [2.24, 2.45) is 0 Å². The van der Waals surface area contributed by atoms with E-state index in [0.717, 1.165) is 29.0 Å². The van der Waals surface area contributed by atoms with Gasteiger partial charge in [0.15, 0.2) is 6.61 Å². The average Bonchev–Trinajstić information content (AvgIpc) is 2.59. The van der Waals surface area contributed by atoms with E-state index in [4.69, 9.17) is 4.74 Å². The fourth-order valence-electron chi connectivity index (χ4n) is 2.71. The van der Waals surface area contributed by atoms with Crippen LogP contribution in [0.4, 0.5) is 5.69 Å². The molecule has 3 nitrogen and oxygen atoms in total. The molecule has 0 spiro atoms. The topological polar surface area (TPSA) is 38.3 Å². The van der Waals surface area contributed by atoms with Crippen LogP contribution in [0.3, 0.4) is 0 Å². The van der Waals surface area contributed by atoms with Crippen LogP contribution in [0.15, 0.2) is 42.5 Å². The minimum absolute atomic E-state index is 0.0102. The average molecular weight is 339 g/mol. The minimum Gasteiger partial charge on any atom is -0.483 e. The first-order valence-electron chi connectivity index (χ1n) is 9.03. The number of carbonyl (C=O) groups excluding carboxylic acids is 1. The number of benzene rings is 2. The first kappa shape index (κ1) is 19.0. The van der Waals surface area contributed by atoms with Gasteiger partial charge >= 0.3 is 0 Å². The van der Waals surface area contributed by atoms with Crippen molar-refractivity contribution in [3.05, 3.63) is 59.2 Å². The summed E-state index contributed by atoms with van der Waals surface area (Å²) < 4.78 is 5.78. The molecule has 1 amide bonds. The van der Waals surface area contributed by atoms with Gasteiger partial charge in [-0.15, -0.1) is 0 Å². The molecule has 2 aromatic rings. The zero-order chi connectivity index (χ0) is 18.4. The smallest absolute Gasteiger partial charge is 0.262 e. The van der Waals surface area contributed by atoms with Gasteiger partial charge < -0.3 is 10.1 Å². The van der Waals surface area contributed by atoms with Gasteiger partial charge in [-0.05, 0) is 60.1 Å². The molecule has 0 aliphatic carbocycles. The van der Waals surface area contributed by atoms with Crippen molar-refractivity contribution in [3.63, 3.8) is 0 Å². The van der Waals surface area contributed by atoms with E-state index >= 15 is 0 Å². The van der Waals surface area contributed by atoms with Crippen molar-refractivity contribution < 1.29 is 9.53 Å². The van der Waals surface area contributed by atoms with Crippen LogP contribution in [0, 0.1) is 6.92 Å². The summed E-state index contributed by atoms with van der Waals surface area (Å²) >= 11 is 0. The maximum absolute atomic E-state index is 12.2. The van der Waals surface area contributed by atoms with Crippen molar-refractivity contribution in [2.45, 2.75) is 52.9 Å². The molecule has 1 N–H and O–H groups in total. The standard InChI is InChI=1S/C22H29NO2/c1-6-17(5)18-8-10-19(11-9-18)23-22(24)14-25-21-13-16(4)7-12-20(21)15(2)3/h7-13,15,17H,6,14H2,1-5H3,(H,23,24). The van der Waals surface area contributed by atoms with Gasteiger partial charge in [-0.3, -0.25) is 4.79 Å². The van der Waals surface area contributed by atoms with Gasteiger partial charge in [-0.1, -0.05) is 52.0 Å². The second-order valence-corrected chi connectivity index (χ2v) is 6.96. The van der Waals surface area contributed by atoms with Crippen molar-refractivity contribution in [1.82, 2.24) is 0 Å². The molecule has 2 rings (SSSR count). The number of carbonyl (C=O) groups is 1. The third-order valence-electron chi connectivity index (χ3n) is 4.53. The molecule has 0 aliphatic rings. The SMILES string of the molecule is CCC(C)c1ccc(NC(=O)COc2cc(C)ccc2C(C)C)cc1. The zero-order valence-corrected chi connectivity index (χ0v) is 15.9. The third kappa shape index (κ3) is 5.35. The number of rotatable bonds is 7. The zero-order valence-electron chi connectivity index (χ0n) is 15.9. The molecular weight excluding hydrogens is 310 g/mol. The highest BCUT2D eigenvalue weighted by atomic mass is 16.5. The molecular formula is C22H29NO2. The minimum atomic E-state index is -0.146. The quantitative estimate of drug-likeness (QED) is 0.708. The Morgan fingerprint density at radius 1 is 1.08 bits per heavy atom. The van der Waals surface area contributed by atoms with Crippen LogP contribution in [0.5, 0.6) is 5.75 Å². The summed E-state index contributed by atoms with van der Waals surface area (Å²) in [6, 6.07) is 14.2. The van der Waals surface area contributed by atoms with Gasteiger partial charge in [0.05, 0.1) is 0 Å². The van der Waals surface area contributed by atoms with Crippen LogP contribution < -0.4 is 10.1 Å². The lowest BCUT2D eigenvalue weighted by atomic mass is 9.99. The van der Waals surface area contributed by atoms with Crippen LogP contribution in [-0.4, -0.2) is 12.5 Å². The molecule has 25 heavy (non-hydrogen) atoms. The lowest BCUT2D eigenvalue weighted by molar-refractivity contribution is -0.118. The number of amides is 1. The first-order valence-corrected chi connectivity index (χ1v) is 9.03. The Balaban J connectivity index is 1.96. The van der Waals surface area contributed by atoms with E-state index in [0.29, 0.717) is 11.8 Å². The summed E-state index contributed by atoms with van der Waals surface area (Å²) in [7, 11) is 0. The molecule has 0 saturated carbocycles. The van der Waals surface area contributed by atoms with Crippen LogP contribution >= 0.6 is 0 Å². The Morgan fingerprint density at radius 3 is 2.36 bits per heavy atom. The lowest BCUT2D eigenvalue weighted by Gasteiger charge is -2.15. The van der Waals surface area contributed by atoms with Gasteiger partial charge in [-0.2, -0.15) is 0 Å². The van der Waals surface area contributed by atoms with E-state index in [1.54, 1.807) is 0 Å². The highest BCUT2D eigenvalue weighted by Crippen LogP contribution is 2.27. The van der Waals surface area contributed by atoms with E-state index in [-0.39, 0.29) is 12.5 Å². The third-order valence-corrected chi connectivity index (χ3v) is 4.53. The molecule has 0 heterocycles. The molecule has 1 unspecified atom stereocenters. The maximum atomic E-state index is 12.2. The second-order valence-electron chi connectivity index (χ2n) is 6.96. The van der Waals surface area contributed by atoms with Crippen molar-refractivity contribution >= 4 is 11.6 Å². The van der Waals surface area contributed by atoms with Crippen molar-refractivity contribution in [1.29, 1.82) is 0 Å². The Kier molecular flexibility index (Phi) is 6.63. The lowest BCUT2D eigenvalue weighted by Crippen LogP contribution is -2.20. The summed E-state index contributed by atoms with van der Waals surface area (Å²) in [6.45, 7) is 10.7. The van der Waals surface area contributed by atoms with Crippen LogP contribution in [-0.2, 0) is 4.79 Å². The molecule has 0 fully saturated rings. The molecule has 0 bridgehead atoms. The number of hydrogen-bond donors (Lipinski definition) is 1. The normalized spacial score (nSPS) is 12.1. The predicted molar refractivity (Wildman–Crippen MR) is 105 cm³/mol. The van der Waals surface area contributed by atoms with Gasteiger partial charge in [0, 0.05) is 5.69 Å². The largest absolute Gasteiger partial charge is 0.483 e. The van der Waals surface area contributed by atoms with E-state index < -0.39 is 0 Å². The second kappa shape index (κ2) is 8.70. The van der Waals surface area contributed by atoms with Crippen LogP contribution in [0.2, 0.25) is 0 Å². The molecule has 134 valence electrons. The Hall–Kier alpha value is -2.29. The van der Waals surface area contributed by atoms with Crippen molar-refractivity contribution in [3.8, 4) is 5.75 Å². The summed E-state index contributed by atoms with van der Waals surface area (Å²) in [5, 5.41) is 2.90. The molecule has 1 atom stereocenters. The maximum Gasteiger partial charge on any atom is 0.262 e. The van der Waals surface area contributed by atoms with Gasteiger partial charge in [0.1, 0.15) is 5.75 Å². The fraction of sp³-hybridized carbons (Fsp3) is 0.409. The van der Waals surface area contributed by atoms with Crippen molar-refractivity contribution in [2.75, 3.05) is 11.9 Å². The van der Waals surface area contributed by atoms with Gasteiger partial charge in [-0.25, -0.2) is 0 Å². The number of nitrogens with one attached hydrogen (secondary N) is 1. The Morgan fingerprint density at radius 2 is 1.76 bits per heavy atom. The number of ether oxygens (including phenoxy) is 1. The monoisotopic (exact) mass is 339 g/mol. The molecule has 0 saturated heterocycles. The van der Waals surface area contributed by atoms with Gasteiger partial charge in [0.2, 0.25) is 0 Å². The summed E-state index contributed by atoms with van der Waals surface area (Å²) in [5.74, 6) is 1.53. The van der Waals surface area contributed by atoms with E-state index in [1.807, 2.05) is 25.1 Å². The highest BCUT2D eigenvalue weighted by Gasteiger charge is 2.11. The van der Waals surface area contributed by atoms with E-state index in [1.165, 1.54) is 5.56 Å².